The molecule has 9 nitrogen and oxygen atoms in total. The summed E-state index contributed by atoms with van der Waals surface area (Å²) in [6.45, 7) is 1.78. The Morgan fingerprint density at radius 2 is 1.88 bits per heavy atom. The van der Waals surface area contributed by atoms with Gasteiger partial charge in [0.1, 0.15) is 6.04 Å². The van der Waals surface area contributed by atoms with E-state index in [1.807, 2.05) is 0 Å². The number of nitrogens with zero attached hydrogens (tertiary/aromatic N) is 3. The number of amides is 2. The molecule has 0 bridgehead atoms. The van der Waals surface area contributed by atoms with Crippen molar-refractivity contribution >= 4 is 40.9 Å². The number of rotatable bonds is 7. The Morgan fingerprint density at radius 3 is 2.42 bits per heavy atom. The zero-order valence-corrected chi connectivity index (χ0v) is 13.5. The average molecular weight is 350 g/mol. The molecular formula is C14H16ClN7O2. The summed E-state index contributed by atoms with van der Waals surface area (Å²) < 4.78 is 0. The predicted molar refractivity (Wildman–Crippen MR) is 90.0 cm³/mol. The Hall–Kier alpha value is -2.94. The number of anilines is 3. The van der Waals surface area contributed by atoms with Crippen LogP contribution in [0.4, 0.5) is 17.5 Å². The van der Waals surface area contributed by atoms with Crippen molar-refractivity contribution < 1.29 is 9.59 Å². The fraction of sp³-hybridized carbons (Fsp3) is 0.214. The Bertz CT molecular complexity index is 751. The summed E-state index contributed by atoms with van der Waals surface area (Å²) in [5, 5.41) is 13.7. The van der Waals surface area contributed by atoms with Crippen LogP contribution in [0.5, 0.6) is 0 Å². The van der Waals surface area contributed by atoms with Gasteiger partial charge in [0.15, 0.2) is 11.5 Å². The van der Waals surface area contributed by atoms with E-state index in [0.29, 0.717) is 17.1 Å². The Kier molecular flexibility index (Phi) is 5.48. The maximum Gasteiger partial charge on any atom is 0.273 e. The highest BCUT2D eigenvalue weighted by atomic mass is 35.5. The number of hydrogen-bond donors (Lipinski definition) is 4. The van der Waals surface area contributed by atoms with E-state index in [2.05, 4.69) is 25.8 Å². The fourth-order valence-corrected chi connectivity index (χ4v) is 1.97. The van der Waals surface area contributed by atoms with Crippen molar-refractivity contribution in [3.05, 3.63) is 35.0 Å². The minimum Gasteiger partial charge on any atom is -0.368 e. The van der Waals surface area contributed by atoms with Crippen LogP contribution in [0.2, 0.25) is 5.02 Å². The number of halogens is 1. The first-order valence-electron chi connectivity index (χ1n) is 7.03. The largest absolute Gasteiger partial charge is 0.368 e. The SMILES string of the molecule is CC[C@@H](Nc1nnc(C(N)=O)c(Nc2ccc(Cl)cc2)n1)C(N)=O. The Balaban J connectivity index is 2.32. The lowest BCUT2D eigenvalue weighted by molar-refractivity contribution is -0.118. The lowest BCUT2D eigenvalue weighted by Gasteiger charge is -2.14. The van der Waals surface area contributed by atoms with Crippen molar-refractivity contribution in [3.63, 3.8) is 0 Å². The highest BCUT2D eigenvalue weighted by Gasteiger charge is 2.18. The number of nitrogens with two attached hydrogens (primary N) is 2. The van der Waals surface area contributed by atoms with Crippen LogP contribution >= 0.6 is 11.6 Å². The van der Waals surface area contributed by atoms with Crippen LogP contribution in [0.3, 0.4) is 0 Å². The van der Waals surface area contributed by atoms with Gasteiger partial charge in [0, 0.05) is 10.7 Å². The lowest BCUT2D eigenvalue weighted by Crippen LogP contribution is -2.35. The van der Waals surface area contributed by atoms with Crippen molar-refractivity contribution in [2.75, 3.05) is 10.6 Å². The Morgan fingerprint density at radius 1 is 1.21 bits per heavy atom. The minimum absolute atomic E-state index is 0.0436. The summed E-state index contributed by atoms with van der Waals surface area (Å²) >= 11 is 5.83. The molecule has 0 fully saturated rings. The van der Waals surface area contributed by atoms with E-state index < -0.39 is 17.9 Å². The molecule has 1 atom stereocenters. The molecule has 0 aliphatic carbocycles. The predicted octanol–water partition coefficient (Wildman–Crippen LogP) is 1.04. The smallest absolute Gasteiger partial charge is 0.273 e. The molecular weight excluding hydrogens is 334 g/mol. The van der Waals surface area contributed by atoms with Gasteiger partial charge < -0.3 is 22.1 Å². The highest BCUT2D eigenvalue weighted by Crippen LogP contribution is 2.20. The van der Waals surface area contributed by atoms with Crippen LogP contribution in [0.1, 0.15) is 23.8 Å². The van der Waals surface area contributed by atoms with E-state index in [1.54, 1.807) is 31.2 Å². The van der Waals surface area contributed by atoms with E-state index in [-0.39, 0.29) is 17.5 Å². The third kappa shape index (κ3) is 4.29. The summed E-state index contributed by atoms with van der Waals surface area (Å²) in [7, 11) is 0. The molecule has 2 aromatic rings. The van der Waals surface area contributed by atoms with Crippen LogP contribution in [-0.4, -0.2) is 33.0 Å². The quantitative estimate of drug-likeness (QED) is 0.583. The molecule has 0 radical (unpaired) electrons. The van der Waals surface area contributed by atoms with Gasteiger partial charge in [0.05, 0.1) is 0 Å². The number of carbonyl (C=O) groups excluding carboxylic acids is 2. The summed E-state index contributed by atoms with van der Waals surface area (Å²) in [6.07, 6.45) is 0.441. The molecule has 2 amide bonds. The van der Waals surface area contributed by atoms with Crippen molar-refractivity contribution in [1.82, 2.24) is 15.2 Å². The molecule has 1 aromatic carbocycles. The fourth-order valence-electron chi connectivity index (χ4n) is 1.84. The number of nitrogens with one attached hydrogen (secondary N) is 2. The molecule has 0 saturated carbocycles. The van der Waals surface area contributed by atoms with E-state index in [0.717, 1.165) is 0 Å². The molecule has 0 spiro atoms. The first kappa shape index (κ1) is 17.4. The zero-order chi connectivity index (χ0) is 17.7. The van der Waals surface area contributed by atoms with Crippen LogP contribution in [0, 0.1) is 0 Å². The van der Waals surface area contributed by atoms with Crippen LogP contribution in [0.25, 0.3) is 0 Å². The van der Waals surface area contributed by atoms with Gasteiger partial charge in [-0.25, -0.2) is 0 Å². The van der Waals surface area contributed by atoms with Gasteiger partial charge in [-0.05, 0) is 30.7 Å². The molecule has 2 rings (SSSR count). The minimum atomic E-state index is -0.792. The molecule has 126 valence electrons. The number of benzene rings is 1. The van der Waals surface area contributed by atoms with E-state index in [4.69, 9.17) is 23.1 Å². The van der Waals surface area contributed by atoms with Crippen molar-refractivity contribution in [3.8, 4) is 0 Å². The van der Waals surface area contributed by atoms with Gasteiger partial charge >= 0.3 is 0 Å². The van der Waals surface area contributed by atoms with Gasteiger partial charge in [-0.1, -0.05) is 18.5 Å². The summed E-state index contributed by atoms with van der Waals surface area (Å²) in [5.41, 5.74) is 11.0. The van der Waals surface area contributed by atoms with Crippen molar-refractivity contribution in [1.29, 1.82) is 0 Å². The van der Waals surface area contributed by atoms with Gasteiger partial charge in [-0.3, -0.25) is 9.59 Å². The summed E-state index contributed by atoms with van der Waals surface area (Å²) in [5.74, 6) is -1.20. The Labute approximate surface area is 142 Å². The second-order valence-electron chi connectivity index (χ2n) is 4.84. The van der Waals surface area contributed by atoms with Crippen LogP contribution < -0.4 is 22.1 Å². The standard InChI is InChI=1S/C14H16ClN7O2/c1-2-9(11(16)23)19-14-20-13(10(12(17)24)21-22-14)18-8-5-3-7(15)4-6-8/h3-6,9H,2H2,1H3,(H2,16,23)(H2,17,24)(H2,18,19,20,22)/t9-/m1/s1. The highest BCUT2D eigenvalue weighted by molar-refractivity contribution is 6.30. The summed E-state index contributed by atoms with van der Waals surface area (Å²) in [4.78, 5) is 26.9. The number of hydrogen-bond acceptors (Lipinski definition) is 7. The average Bonchev–Trinajstić information content (AvgIpc) is 2.54. The van der Waals surface area contributed by atoms with Crippen LogP contribution in [-0.2, 0) is 4.79 Å². The molecule has 0 saturated heterocycles. The maximum atomic E-state index is 11.5. The molecule has 0 unspecified atom stereocenters. The molecule has 6 N–H and O–H groups in total. The van der Waals surface area contributed by atoms with E-state index >= 15 is 0 Å². The normalized spacial score (nSPS) is 11.6. The molecule has 0 aliphatic rings. The van der Waals surface area contributed by atoms with Gasteiger partial charge in [0.2, 0.25) is 11.9 Å². The zero-order valence-electron chi connectivity index (χ0n) is 12.8. The first-order chi connectivity index (χ1) is 11.4. The van der Waals surface area contributed by atoms with Gasteiger partial charge in [0.25, 0.3) is 5.91 Å². The number of carbonyl (C=O) groups is 2. The molecule has 24 heavy (non-hydrogen) atoms. The van der Waals surface area contributed by atoms with Crippen molar-refractivity contribution in [2.24, 2.45) is 11.5 Å². The molecule has 1 aromatic heterocycles. The van der Waals surface area contributed by atoms with Gasteiger partial charge in [-0.15, -0.1) is 10.2 Å². The van der Waals surface area contributed by atoms with E-state index in [1.165, 1.54) is 0 Å². The second-order valence-corrected chi connectivity index (χ2v) is 5.27. The molecule has 1 heterocycles. The topological polar surface area (TPSA) is 149 Å². The molecule has 10 heteroatoms. The number of primary amides is 2. The third-order valence-electron chi connectivity index (χ3n) is 3.08. The van der Waals surface area contributed by atoms with Crippen molar-refractivity contribution in [2.45, 2.75) is 19.4 Å². The number of aromatic nitrogens is 3. The first-order valence-corrected chi connectivity index (χ1v) is 7.41. The monoisotopic (exact) mass is 349 g/mol. The second kappa shape index (κ2) is 7.55. The molecule has 0 aliphatic heterocycles. The van der Waals surface area contributed by atoms with Gasteiger partial charge in [-0.2, -0.15) is 4.98 Å². The van der Waals surface area contributed by atoms with E-state index in [9.17, 15) is 9.59 Å². The van der Waals surface area contributed by atoms with Crippen LogP contribution in [0.15, 0.2) is 24.3 Å². The summed E-state index contributed by atoms with van der Waals surface area (Å²) in [6, 6.07) is 6.07. The third-order valence-corrected chi connectivity index (χ3v) is 3.33. The lowest BCUT2D eigenvalue weighted by atomic mass is 10.2. The maximum absolute atomic E-state index is 11.5.